The highest BCUT2D eigenvalue weighted by Crippen LogP contribution is 2.44. The van der Waals surface area contributed by atoms with Gasteiger partial charge >= 0.3 is 0 Å². The first-order chi connectivity index (χ1) is 7.27. The third-order valence-electron chi connectivity index (χ3n) is 2.84. The predicted octanol–water partition coefficient (Wildman–Crippen LogP) is 3.25. The number of hydrogen-bond acceptors (Lipinski definition) is 3. The van der Waals surface area contributed by atoms with Crippen molar-refractivity contribution in [3.8, 4) is 10.7 Å². The highest BCUT2D eigenvalue weighted by molar-refractivity contribution is 7.71. The molecule has 1 saturated carbocycles. The normalized spacial score (nSPS) is 24.3. The zero-order chi connectivity index (χ0) is 10.4. The lowest BCUT2D eigenvalue weighted by Crippen LogP contribution is -1.97. The monoisotopic (exact) mass is 237 g/mol. The Bertz CT molecular complexity index is 523. The van der Waals surface area contributed by atoms with Crippen LogP contribution in [0.1, 0.15) is 19.4 Å². The summed E-state index contributed by atoms with van der Waals surface area (Å²) < 4.78 is 2.90. The van der Waals surface area contributed by atoms with Gasteiger partial charge in [0.1, 0.15) is 0 Å². The van der Waals surface area contributed by atoms with E-state index >= 15 is 0 Å². The van der Waals surface area contributed by atoms with Gasteiger partial charge in [0.25, 0.3) is 0 Å². The van der Waals surface area contributed by atoms with Crippen molar-refractivity contribution in [3.05, 3.63) is 22.3 Å². The molecule has 2 aromatic heterocycles. The Morgan fingerprint density at radius 2 is 2.47 bits per heavy atom. The molecule has 3 nitrogen and oxygen atoms in total. The minimum atomic E-state index is 0.549. The quantitative estimate of drug-likeness (QED) is 0.813. The first-order valence-electron chi connectivity index (χ1n) is 4.98. The molecule has 5 heteroatoms. The van der Waals surface area contributed by atoms with Gasteiger partial charge in [0.15, 0.2) is 10.6 Å². The van der Waals surface area contributed by atoms with E-state index in [1.54, 1.807) is 11.3 Å². The van der Waals surface area contributed by atoms with E-state index in [9.17, 15) is 0 Å². The summed E-state index contributed by atoms with van der Waals surface area (Å²) >= 11 is 6.97. The van der Waals surface area contributed by atoms with Crippen molar-refractivity contribution in [2.24, 2.45) is 5.92 Å². The summed E-state index contributed by atoms with van der Waals surface area (Å²) in [5, 5.41) is 9.26. The lowest BCUT2D eigenvalue weighted by atomic mass is 10.4. The molecule has 2 aromatic rings. The van der Waals surface area contributed by atoms with Crippen molar-refractivity contribution in [1.82, 2.24) is 14.8 Å². The van der Waals surface area contributed by atoms with Crippen LogP contribution in [0.4, 0.5) is 0 Å². The molecule has 2 heterocycles. The molecular formula is C10H11N3S2. The molecular weight excluding hydrogens is 226 g/mol. The van der Waals surface area contributed by atoms with Gasteiger partial charge in [-0.15, -0.1) is 11.3 Å². The van der Waals surface area contributed by atoms with E-state index in [0.717, 1.165) is 16.5 Å². The van der Waals surface area contributed by atoms with Crippen molar-refractivity contribution in [1.29, 1.82) is 0 Å². The maximum atomic E-state index is 5.27. The summed E-state index contributed by atoms with van der Waals surface area (Å²) in [6, 6.07) is 4.67. The van der Waals surface area contributed by atoms with E-state index in [-0.39, 0.29) is 0 Å². The van der Waals surface area contributed by atoms with Gasteiger partial charge in [0.05, 0.1) is 4.88 Å². The van der Waals surface area contributed by atoms with Crippen LogP contribution >= 0.6 is 23.6 Å². The third kappa shape index (κ3) is 1.46. The Balaban J connectivity index is 2.13. The topological polar surface area (TPSA) is 33.6 Å². The van der Waals surface area contributed by atoms with E-state index in [2.05, 4.69) is 33.1 Å². The molecule has 0 aromatic carbocycles. The number of rotatable bonds is 2. The number of nitrogens with one attached hydrogen (secondary N) is 1. The zero-order valence-electron chi connectivity index (χ0n) is 8.30. The molecule has 3 rings (SSSR count). The standard InChI is InChI=1S/C10H11N3S2/c1-6-5-7(6)13-9(11-12-10(13)14)8-3-2-4-15-8/h2-4,6-7H,5H2,1H3,(H,12,14). The molecule has 15 heavy (non-hydrogen) atoms. The number of nitrogens with zero attached hydrogens (tertiary/aromatic N) is 2. The number of hydrogen-bond donors (Lipinski definition) is 1. The fourth-order valence-electron chi connectivity index (χ4n) is 1.85. The van der Waals surface area contributed by atoms with Gasteiger partial charge in [-0.25, -0.2) is 0 Å². The number of aromatic amines is 1. The van der Waals surface area contributed by atoms with Gasteiger partial charge in [0.2, 0.25) is 0 Å². The lowest BCUT2D eigenvalue weighted by molar-refractivity contribution is 0.682. The van der Waals surface area contributed by atoms with Crippen LogP contribution in [0.3, 0.4) is 0 Å². The Hall–Kier alpha value is -0.940. The van der Waals surface area contributed by atoms with Crippen LogP contribution in [0.25, 0.3) is 10.7 Å². The molecule has 1 aliphatic rings. The van der Waals surface area contributed by atoms with E-state index < -0.39 is 0 Å². The number of aromatic nitrogens is 3. The Morgan fingerprint density at radius 3 is 3.07 bits per heavy atom. The summed E-state index contributed by atoms with van der Waals surface area (Å²) in [7, 11) is 0. The van der Waals surface area contributed by atoms with Gasteiger partial charge < -0.3 is 0 Å². The van der Waals surface area contributed by atoms with Crippen LogP contribution < -0.4 is 0 Å². The van der Waals surface area contributed by atoms with Crippen LogP contribution in [0.15, 0.2) is 17.5 Å². The van der Waals surface area contributed by atoms with E-state index in [1.807, 2.05) is 6.07 Å². The second-order valence-electron chi connectivity index (χ2n) is 3.98. The van der Waals surface area contributed by atoms with E-state index in [0.29, 0.717) is 6.04 Å². The molecule has 2 atom stereocenters. The summed E-state index contributed by atoms with van der Waals surface area (Å²) in [5.74, 6) is 1.72. The van der Waals surface area contributed by atoms with Crippen LogP contribution in [-0.4, -0.2) is 14.8 Å². The number of thiophene rings is 1. The highest BCUT2D eigenvalue weighted by Gasteiger charge is 2.36. The largest absolute Gasteiger partial charge is 0.296 e. The average molecular weight is 237 g/mol. The highest BCUT2D eigenvalue weighted by atomic mass is 32.1. The van der Waals surface area contributed by atoms with E-state index in [1.165, 1.54) is 11.3 Å². The third-order valence-corrected chi connectivity index (χ3v) is 4.00. The Labute approximate surface area is 96.8 Å². The fourth-order valence-corrected chi connectivity index (χ4v) is 2.83. The minimum Gasteiger partial charge on any atom is -0.296 e. The second kappa shape index (κ2) is 3.28. The molecule has 78 valence electrons. The van der Waals surface area contributed by atoms with Crippen molar-refractivity contribution in [3.63, 3.8) is 0 Å². The first-order valence-corrected chi connectivity index (χ1v) is 6.27. The summed E-state index contributed by atoms with van der Waals surface area (Å²) in [6.07, 6.45) is 1.21. The predicted molar refractivity (Wildman–Crippen MR) is 63.5 cm³/mol. The Kier molecular flexibility index (Phi) is 2.03. The fraction of sp³-hybridized carbons (Fsp3) is 0.400. The zero-order valence-corrected chi connectivity index (χ0v) is 9.94. The smallest absolute Gasteiger partial charge is 0.195 e. The van der Waals surface area contributed by atoms with Crippen molar-refractivity contribution in [2.45, 2.75) is 19.4 Å². The molecule has 0 bridgehead atoms. The SMILES string of the molecule is CC1CC1n1c(-c2cccs2)n[nH]c1=S. The summed E-state index contributed by atoms with van der Waals surface area (Å²) in [6.45, 7) is 2.25. The van der Waals surface area contributed by atoms with Gasteiger partial charge in [-0.2, -0.15) is 5.10 Å². The van der Waals surface area contributed by atoms with Crippen LogP contribution in [0, 0.1) is 10.7 Å². The van der Waals surface area contributed by atoms with Gasteiger partial charge in [-0.3, -0.25) is 9.67 Å². The van der Waals surface area contributed by atoms with E-state index in [4.69, 9.17) is 12.2 Å². The molecule has 0 radical (unpaired) electrons. The molecule has 1 fully saturated rings. The lowest BCUT2D eigenvalue weighted by Gasteiger charge is -2.02. The van der Waals surface area contributed by atoms with Crippen molar-refractivity contribution < 1.29 is 0 Å². The van der Waals surface area contributed by atoms with Crippen molar-refractivity contribution >= 4 is 23.6 Å². The molecule has 2 unspecified atom stereocenters. The molecule has 0 amide bonds. The maximum absolute atomic E-state index is 5.27. The molecule has 0 saturated heterocycles. The summed E-state index contributed by atoms with van der Waals surface area (Å²) in [5.41, 5.74) is 0. The van der Waals surface area contributed by atoms with Crippen LogP contribution in [0.5, 0.6) is 0 Å². The maximum Gasteiger partial charge on any atom is 0.195 e. The van der Waals surface area contributed by atoms with Crippen molar-refractivity contribution in [2.75, 3.05) is 0 Å². The van der Waals surface area contributed by atoms with Crippen LogP contribution in [0.2, 0.25) is 0 Å². The van der Waals surface area contributed by atoms with Gasteiger partial charge in [-0.05, 0) is 36.0 Å². The average Bonchev–Trinajstić information content (AvgIpc) is 2.72. The van der Waals surface area contributed by atoms with Gasteiger partial charge in [0, 0.05) is 6.04 Å². The second-order valence-corrected chi connectivity index (χ2v) is 5.31. The number of H-pyrrole nitrogens is 1. The minimum absolute atomic E-state index is 0.549. The van der Waals surface area contributed by atoms with Crippen LogP contribution in [-0.2, 0) is 0 Å². The molecule has 1 aliphatic carbocycles. The molecule has 1 N–H and O–H groups in total. The first kappa shape index (κ1) is 9.30. The molecule has 0 spiro atoms. The van der Waals surface area contributed by atoms with Gasteiger partial charge in [-0.1, -0.05) is 13.0 Å². The molecule has 0 aliphatic heterocycles. The Morgan fingerprint density at radius 1 is 1.67 bits per heavy atom. The summed E-state index contributed by atoms with van der Waals surface area (Å²) in [4.78, 5) is 1.18.